The van der Waals surface area contributed by atoms with Crippen molar-refractivity contribution in [2.45, 2.75) is 32.4 Å². The highest BCUT2D eigenvalue weighted by molar-refractivity contribution is 5.48. The third-order valence-corrected chi connectivity index (χ3v) is 3.66. The van der Waals surface area contributed by atoms with Crippen molar-refractivity contribution in [1.82, 2.24) is 14.3 Å². The lowest BCUT2D eigenvalue weighted by Gasteiger charge is -2.09. The highest BCUT2D eigenvalue weighted by Crippen LogP contribution is 2.22. The predicted octanol–water partition coefficient (Wildman–Crippen LogP) is 1.02. The van der Waals surface area contributed by atoms with E-state index >= 15 is 0 Å². The molecular weight excluding hydrogens is 256 g/mol. The van der Waals surface area contributed by atoms with Crippen LogP contribution in [0.25, 0.3) is 0 Å². The second-order valence-corrected chi connectivity index (χ2v) is 5.04. The molecule has 0 aliphatic carbocycles. The molecule has 1 aromatic heterocycles. The summed E-state index contributed by atoms with van der Waals surface area (Å²) >= 11 is 0. The number of nitrogens with two attached hydrogens (primary N) is 1. The van der Waals surface area contributed by atoms with Crippen molar-refractivity contribution in [2.75, 3.05) is 12.8 Å². The first-order chi connectivity index (χ1) is 9.69. The zero-order valence-corrected chi connectivity index (χ0v) is 11.5. The molecule has 0 radical (unpaired) electrons. The van der Waals surface area contributed by atoms with E-state index in [1.54, 1.807) is 23.8 Å². The number of nitrogens with zero attached hydrogens (tertiary/aromatic N) is 3. The fraction of sp³-hybridized carbons (Fsp3) is 0.429. The minimum absolute atomic E-state index is 0.0430. The Morgan fingerprint density at radius 2 is 2.25 bits per heavy atom. The van der Waals surface area contributed by atoms with Crippen LogP contribution in [0.3, 0.4) is 0 Å². The number of aromatic nitrogens is 3. The standard InChI is InChI=1S/C14H18N4O2/c1-20-12-8-11(15)6-5-10(12)9-18-14(19)17-7-3-2-4-13(17)16-18/h5-6,8H,2-4,7,9,15H2,1H3. The van der Waals surface area contributed by atoms with E-state index < -0.39 is 0 Å². The second-order valence-electron chi connectivity index (χ2n) is 5.04. The van der Waals surface area contributed by atoms with Crippen molar-refractivity contribution in [3.05, 3.63) is 40.1 Å². The van der Waals surface area contributed by atoms with E-state index in [9.17, 15) is 4.79 Å². The van der Waals surface area contributed by atoms with Crippen molar-refractivity contribution < 1.29 is 4.74 Å². The Morgan fingerprint density at radius 1 is 1.40 bits per heavy atom. The van der Waals surface area contributed by atoms with Crippen LogP contribution >= 0.6 is 0 Å². The number of fused-ring (bicyclic) bond motifs is 1. The Hall–Kier alpha value is -2.24. The Labute approximate surface area is 116 Å². The van der Waals surface area contributed by atoms with Gasteiger partial charge in [0.15, 0.2) is 0 Å². The summed E-state index contributed by atoms with van der Waals surface area (Å²) in [4.78, 5) is 12.3. The van der Waals surface area contributed by atoms with Gasteiger partial charge in [0.1, 0.15) is 11.6 Å². The van der Waals surface area contributed by atoms with E-state index in [0.717, 1.165) is 37.2 Å². The molecule has 20 heavy (non-hydrogen) atoms. The van der Waals surface area contributed by atoms with Crippen LogP contribution in [-0.4, -0.2) is 21.5 Å². The molecule has 0 amide bonds. The molecule has 0 bridgehead atoms. The molecule has 0 saturated heterocycles. The minimum atomic E-state index is -0.0430. The summed E-state index contributed by atoms with van der Waals surface area (Å²) in [6.07, 6.45) is 3.02. The van der Waals surface area contributed by atoms with E-state index in [0.29, 0.717) is 18.0 Å². The van der Waals surface area contributed by atoms with Gasteiger partial charge in [-0.3, -0.25) is 4.57 Å². The van der Waals surface area contributed by atoms with Crippen LogP contribution in [-0.2, 0) is 19.5 Å². The lowest BCUT2D eigenvalue weighted by atomic mass is 10.2. The van der Waals surface area contributed by atoms with Gasteiger partial charge in [0.05, 0.1) is 13.7 Å². The largest absolute Gasteiger partial charge is 0.496 e. The number of benzene rings is 1. The Morgan fingerprint density at radius 3 is 3.00 bits per heavy atom. The zero-order chi connectivity index (χ0) is 14.1. The summed E-state index contributed by atoms with van der Waals surface area (Å²) in [6, 6.07) is 5.44. The lowest BCUT2D eigenvalue weighted by Crippen LogP contribution is -2.27. The number of anilines is 1. The molecule has 0 atom stereocenters. The van der Waals surface area contributed by atoms with Gasteiger partial charge in [-0.2, -0.15) is 5.10 Å². The highest BCUT2D eigenvalue weighted by Gasteiger charge is 2.17. The molecule has 3 rings (SSSR count). The van der Waals surface area contributed by atoms with Gasteiger partial charge in [-0.25, -0.2) is 9.48 Å². The van der Waals surface area contributed by atoms with Crippen LogP contribution in [0.2, 0.25) is 0 Å². The average Bonchev–Trinajstić information content (AvgIpc) is 2.78. The van der Waals surface area contributed by atoms with Crippen LogP contribution in [0.4, 0.5) is 5.69 Å². The molecule has 1 aliphatic heterocycles. The van der Waals surface area contributed by atoms with Gasteiger partial charge >= 0.3 is 5.69 Å². The molecular formula is C14H18N4O2. The molecule has 2 heterocycles. The SMILES string of the molecule is COc1cc(N)ccc1Cn1nc2n(c1=O)CCCC2. The number of aryl methyl sites for hydroxylation is 1. The Kier molecular flexibility index (Phi) is 3.22. The molecule has 0 fully saturated rings. The van der Waals surface area contributed by atoms with Crippen molar-refractivity contribution in [1.29, 1.82) is 0 Å². The zero-order valence-electron chi connectivity index (χ0n) is 11.5. The molecule has 0 saturated carbocycles. The fourth-order valence-corrected chi connectivity index (χ4v) is 2.60. The minimum Gasteiger partial charge on any atom is -0.496 e. The van der Waals surface area contributed by atoms with Crippen LogP contribution in [0.5, 0.6) is 5.75 Å². The average molecular weight is 274 g/mol. The van der Waals surface area contributed by atoms with E-state index in [4.69, 9.17) is 10.5 Å². The normalized spacial score (nSPS) is 14.1. The number of hydrogen-bond acceptors (Lipinski definition) is 4. The Balaban J connectivity index is 1.96. The van der Waals surface area contributed by atoms with Gasteiger partial charge in [0.2, 0.25) is 0 Å². The van der Waals surface area contributed by atoms with Crippen LogP contribution < -0.4 is 16.2 Å². The van der Waals surface area contributed by atoms with Gasteiger partial charge in [-0.15, -0.1) is 0 Å². The fourth-order valence-electron chi connectivity index (χ4n) is 2.60. The third-order valence-electron chi connectivity index (χ3n) is 3.66. The summed E-state index contributed by atoms with van der Waals surface area (Å²) in [5.41, 5.74) is 7.24. The molecule has 106 valence electrons. The van der Waals surface area contributed by atoms with Crippen LogP contribution in [0, 0.1) is 0 Å². The van der Waals surface area contributed by atoms with Crippen LogP contribution in [0.1, 0.15) is 24.2 Å². The highest BCUT2D eigenvalue weighted by atomic mass is 16.5. The van der Waals surface area contributed by atoms with Crippen molar-refractivity contribution >= 4 is 5.69 Å². The molecule has 1 aromatic carbocycles. The molecule has 0 unspecified atom stereocenters. The number of ether oxygens (including phenoxy) is 1. The van der Waals surface area contributed by atoms with Gasteiger partial charge in [-0.1, -0.05) is 6.07 Å². The second kappa shape index (κ2) is 5.03. The topological polar surface area (TPSA) is 75.1 Å². The predicted molar refractivity (Wildman–Crippen MR) is 75.9 cm³/mol. The summed E-state index contributed by atoms with van der Waals surface area (Å²) in [5.74, 6) is 1.57. The van der Waals surface area contributed by atoms with Crippen molar-refractivity contribution in [2.24, 2.45) is 0 Å². The van der Waals surface area contributed by atoms with E-state index in [1.165, 1.54) is 4.68 Å². The number of hydrogen-bond donors (Lipinski definition) is 1. The van der Waals surface area contributed by atoms with E-state index in [2.05, 4.69) is 5.10 Å². The summed E-state index contributed by atoms with van der Waals surface area (Å²) < 4.78 is 8.59. The van der Waals surface area contributed by atoms with Gasteiger partial charge in [0, 0.05) is 30.3 Å². The van der Waals surface area contributed by atoms with Crippen LogP contribution in [0.15, 0.2) is 23.0 Å². The lowest BCUT2D eigenvalue weighted by molar-refractivity contribution is 0.407. The first-order valence-corrected chi connectivity index (χ1v) is 6.78. The maximum absolute atomic E-state index is 12.3. The van der Waals surface area contributed by atoms with Crippen molar-refractivity contribution in [3.63, 3.8) is 0 Å². The van der Waals surface area contributed by atoms with E-state index in [-0.39, 0.29) is 5.69 Å². The molecule has 6 heteroatoms. The maximum Gasteiger partial charge on any atom is 0.346 e. The smallest absolute Gasteiger partial charge is 0.346 e. The first kappa shape index (κ1) is 12.8. The summed E-state index contributed by atoms with van der Waals surface area (Å²) in [6.45, 7) is 1.18. The Bertz CT molecular complexity index is 687. The monoisotopic (exact) mass is 274 g/mol. The maximum atomic E-state index is 12.3. The summed E-state index contributed by atoms with van der Waals surface area (Å²) in [7, 11) is 1.60. The quantitative estimate of drug-likeness (QED) is 0.848. The number of methoxy groups -OCH3 is 1. The van der Waals surface area contributed by atoms with Crippen molar-refractivity contribution in [3.8, 4) is 5.75 Å². The number of rotatable bonds is 3. The third kappa shape index (κ3) is 2.17. The molecule has 1 aliphatic rings. The molecule has 2 N–H and O–H groups in total. The van der Waals surface area contributed by atoms with Gasteiger partial charge in [-0.05, 0) is 18.9 Å². The number of nitrogen functional groups attached to an aromatic ring is 1. The van der Waals surface area contributed by atoms with E-state index in [1.807, 2.05) is 6.07 Å². The van der Waals surface area contributed by atoms with Gasteiger partial charge in [0.25, 0.3) is 0 Å². The first-order valence-electron chi connectivity index (χ1n) is 6.78. The molecule has 0 spiro atoms. The molecule has 2 aromatic rings. The summed E-state index contributed by atoms with van der Waals surface area (Å²) in [5, 5.41) is 4.42. The van der Waals surface area contributed by atoms with Gasteiger partial charge < -0.3 is 10.5 Å². The molecule has 6 nitrogen and oxygen atoms in total.